The number of carbonyl (C=O) groups is 2. The van der Waals surface area contributed by atoms with Crippen LogP contribution in [0.15, 0.2) is 47.4 Å². The molecule has 134 valence electrons. The lowest BCUT2D eigenvalue weighted by Gasteiger charge is -2.18. The molecule has 0 saturated heterocycles. The van der Waals surface area contributed by atoms with Crippen LogP contribution in [0.25, 0.3) is 5.57 Å². The van der Waals surface area contributed by atoms with E-state index in [1.54, 1.807) is 49.4 Å². The first-order valence-electron chi connectivity index (χ1n) is 8.12. The van der Waals surface area contributed by atoms with Crippen LogP contribution in [0.2, 0.25) is 10.0 Å². The van der Waals surface area contributed by atoms with Crippen molar-refractivity contribution in [2.45, 2.75) is 26.0 Å². The highest BCUT2D eigenvalue weighted by Crippen LogP contribution is 2.41. The molecule has 1 aliphatic rings. The van der Waals surface area contributed by atoms with Crippen LogP contribution >= 0.6 is 35.0 Å². The van der Waals surface area contributed by atoms with Crippen molar-refractivity contribution >= 4 is 58.0 Å². The van der Waals surface area contributed by atoms with Gasteiger partial charge in [0.05, 0.1) is 16.2 Å². The zero-order valence-corrected chi connectivity index (χ0v) is 16.9. The van der Waals surface area contributed by atoms with Gasteiger partial charge in [0.15, 0.2) is 0 Å². The standard InChI is InChI=1S/C20H17Cl2NO2S/c1-11(2)26-18-17(13-7-9-14(21)10-8-13)19(24)23(20(18)25)16-6-4-5-15(22)12(16)3/h4-11H,1-3H3. The first-order chi connectivity index (χ1) is 12.3. The zero-order chi connectivity index (χ0) is 19.0. The molecule has 2 aromatic rings. The Hall–Kier alpha value is -1.75. The topological polar surface area (TPSA) is 37.4 Å². The Kier molecular flexibility index (Phi) is 5.47. The summed E-state index contributed by atoms with van der Waals surface area (Å²) in [7, 11) is 0. The third-order valence-corrected chi connectivity index (χ3v) is 5.76. The van der Waals surface area contributed by atoms with Crippen molar-refractivity contribution in [1.29, 1.82) is 0 Å². The minimum Gasteiger partial charge on any atom is -0.268 e. The molecule has 0 saturated carbocycles. The molecule has 6 heteroatoms. The number of imide groups is 1. The van der Waals surface area contributed by atoms with E-state index < -0.39 is 0 Å². The van der Waals surface area contributed by atoms with E-state index in [-0.39, 0.29) is 17.1 Å². The first-order valence-corrected chi connectivity index (χ1v) is 9.75. The van der Waals surface area contributed by atoms with Crippen LogP contribution in [0.3, 0.4) is 0 Å². The maximum atomic E-state index is 13.2. The largest absolute Gasteiger partial charge is 0.272 e. The lowest BCUT2D eigenvalue weighted by molar-refractivity contribution is -0.119. The van der Waals surface area contributed by atoms with Crippen LogP contribution in [0, 0.1) is 6.92 Å². The first kappa shape index (κ1) is 19.0. The van der Waals surface area contributed by atoms with E-state index in [2.05, 4.69) is 0 Å². The van der Waals surface area contributed by atoms with Crippen molar-refractivity contribution in [1.82, 2.24) is 0 Å². The number of halogens is 2. The average molecular weight is 406 g/mol. The van der Waals surface area contributed by atoms with Crippen molar-refractivity contribution in [2.75, 3.05) is 4.90 Å². The fourth-order valence-electron chi connectivity index (χ4n) is 2.78. The molecule has 2 amide bonds. The summed E-state index contributed by atoms with van der Waals surface area (Å²) in [6.07, 6.45) is 0. The van der Waals surface area contributed by atoms with Gasteiger partial charge in [-0.05, 0) is 42.3 Å². The highest BCUT2D eigenvalue weighted by Gasteiger charge is 2.41. The van der Waals surface area contributed by atoms with Crippen LogP contribution in [0.1, 0.15) is 25.0 Å². The second-order valence-electron chi connectivity index (χ2n) is 6.21. The van der Waals surface area contributed by atoms with Gasteiger partial charge in [-0.2, -0.15) is 0 Å². The van der Waals surface area contributed by atoms with Gasteiger partial charge in [0.2, 0.25) is 0 Å². The number of benzene rings is 2. The third kappa shape index (κ3) is 3.41. The molecule has 0 radical (unpaired) electrons. The minimum atomic E-state index is -0.342. The van der Waals surface area contributed by atoms with Crippen LogP contribution in [-0.2, 0) is 9.59 Å². The molecular weight excluding hydrogens is 389 g/mol. The second-order valence-corrected chi connectivity index (χ2v) is 8.64. The van der Waals surface area contributed by atoms with Crippen molar-refractivity contribution in [3.05, 3.63) is 68.5 Å². The van der Waals surface area contributed by atoms with Gasteiger partial charge in [0.1, 0.15) is 0 Å². The van der Waals surface area contributed by atoms with Gasteiger partial charge in [0.25, 0.3) is 11.8 Å². The van der Waals surface area contributed by atoms with Gasteiger partial charge in [-0.25, -0.2) is 4.90 Å². The number of amides is 2. The second kappa shape index (κ2) is 7.47. The fourth-order valence-corrected chi connectivity index (χ4v) is 4.06. The molecule has 0 aromatic heterocycles. The molecule has 3 nitrogen and oxygen atoms in total. The molecule has 3 rings (SSSR count). The van der Waals surface area contributed by atoms with Gasteiger partial charge in [-0.15, -0.1) is 11.8 Å². The Morgan fingerprint density at radius 2 is 1.62 bits per heavy atom. The molecule has 26 heavy (non-hydrogen) atoms. The van der Waals surface area contributed by atoms with Crippen molar-refractivity contribution in [3.63, 3.8) is 0 Å². The highest BCUT2D eigenvalue weighted by atomic mass is 35.5. The summed E-state index contributed by atoms with van der Waals surface area (Å²) < 4.78 is 0. The van der Waals surface area contributed by atoms with Crippen molar-refractivity contribution in [2.24, 2.45) is 0 Å². The molecule has 0 aliphatic carbocycles. The summed E-state index contributed by atoms with van der Waals surface area (Å²) >= 11 is 13.6. The number of hydrogen-bond donors (Lipinski definition) is 0. The summed E-state index contributed by atoms with van der Waals surface area (Å²) in [5.74, 6) is -0.658. The van der Waals surface area contributed by atoms with Gasteiger partial charge < -0.3 is 0 Å². The smallest absolute Gasteiger partial charge is 0.268 e. The molecule has 0 atom stereocenters. The number of hydrogen-bond acceptors (Lipinski definition) is 3. The number of anilines is 1. The Morgan fingerprint density at radius 3 is 2.23 bits per heavy atom. The predicted molar refractivity (Wildman–Crippen MR) is 110 cm³/mol. The maximum absolute atomic E-state index is 13.2. The molecule has 0 N–H and O–H groups in total. The monoisotopic (exact) mass is 405 g/mol. The Morgan fingerprint density at radius 1 is 0.962 bits per heavy atom. The van der Waals surface area contributed by atoms with Crippen LogP contribution < -0.4 is 4.90 Å². The molecule has 0 fully saturated rings. The van der Waals surface area contributed by atoms with E-state index in [1.165, 1.54) is 16.7 Å². The molecule has 0 spiro atoms. The summed E-state index contributed by atoms with van der Waals surface area (Å²) in [5.41, 5.74) is 2.29. The van der Waals surface area contributed by atoms with Gasteiger partial charge in [0, 0.05) is 15.3 Å². The number of nitrogens with zero attached hydrogens (tertiary/aromatic N) is 1. The van der Waals surface area contributed by atoms with E-state index in [1.807, 2.05) is 13.8 Å². The minimum absolute atomic E-state index is 0.157. The van der Waals surface area contributed by atoms with Crippen molar-refractivity contribution < 1.29 is 9.59 Å². The highest BCUT2D eigenvalue weighted by molar-refractivity contribution is 8.04. The number of thioether (sulfide) groups is 1. The average Bonchev–Trinajstić information content (AvgIpc) is 2.82. The van der Waals surface area contributed by atoms with E-state index in [4.69, 9.17) is 23.2 Å². The Balaban J connectivity index is 2.14. The molecule has 0 unspecified atom stereocenters. The van der Waals surface area contributed by atoms with E-state index in [9.17, 15) is 9.59 Å². The van der Waals surface area contributed by atoms with Crippen LogP contribution in [-0.4, -0.2) is 17.1 Å². The summed E-state index contributed by atoms with van der Waals surface area (Å²) in [5, 5.41) is 1.25. The third-order valence-electron chi connectivity index (χ3n) is 4.01. The molecular formula is C20H17Cl2NO2S. The maximum Gasteiger partial charge on any atom is 0.272 e. The molecule has 0 bridgehead atoms. The Bertz CT molecular complexity index is 920. The zero-order valence-electron chi connectivity index (χ0n) is 14.5. The number of carbonyl (C=O) groups excluding carboxylic acids is 2. The quantitative estimate of drug-likeness (QED) is 0.609. The fraction of sp³-hybridized carbons (Fsp3) is 0.200. The lowest BCUT2D eigenvalue weighted by atomic mass is 10.1. The predicted octanol–water partition coefficient (Wildman–Crippen LogP) is 5.73. The molecule has 1 heterocycles. The van der Waals surface area contributed by atoms with E-state index in [0.717, 1.165) is 0 Å². The van der Waals surface area contributed by atoms with Gasteiger partial charge in [-0.3, -0.25) is 9.59 Å². The van der Waals surface area contributed by atoms with Gasteiger partial charge in [-0.1, -0.05) is 55.2 Å². The Labute approximate surface area is 167 Å². The summed E-state index contributed by atoms with van der Waals surface area (Å²) in [6, 6.07) is 12.2. The summed E-state index contributed by atoms with van der Waals surface area (Å²) in [6.45, 7) is 5.78. The number of rotatable bonds is 4. The van der Waals surface area contributed by atoms with Gasteiger partial charge >= 0.3 is 0 Å². The normalized spacial score (nSPS) is 14.8. The van der Waals surface area contributed by atoms with Crippen LogP contribution in [0.4, 0.5) is 5.69 Å². The lowest BCUT2D eigenvalue weighted by Crippen LogP contribution is -2.32. The summed E-state index contributed by atoms with van der Waals surface area (Å²) in [4.78, 5) is 28.0. The van der Waals surface area contributed by atoms with Crippen molar-refractivity contribution in [3.8, 4) is 0 Å². The van der Waals surface area contributed by atoms with Crippen LogP contribution in [0.5, 0.6) is 0 Å². The van der Waals surface area contributed by atoms with E-state index >= 15 is 0 Å². The SMILES string of the molecule is Cc1c(Cl)cccc1N1C(=O)C(SC(C)C)=C(c2ccc(Cl)cc2)C1=O. The molecule has 1 aliphatic heterocycles. The van der Waals surface area contributed by atoms with E-state index in [0.29, 0.717) is 37.3 Å². The molecule has 2 aromatic carbocycles.